The maximum absolute atomic E-state index is 13.0. The van der Waals surface area contributed by atoms with Gasteiger partial charge in [0.2, 0.25) is 5.92 Å². The second-order valence-corrected chi connectivity index (χ2v) is 4.38. The summed E-state index contributed by atoms with van der Waals surface area (Å²) < 4.78 is 26.1. The highest BCUT2D eigenvalue weighted by atomic mass is 19.3. The molecule has 0 amide bonds. The molecule has 0 unspecified atom stereocenters. The van der Waals surface area contributed by atoms with Crippen LogP contribution in [0.25, 0.3) is 0 Å². The van der Waals surface area contributed by atoms with Crippen LogP contribution in [0.2, 0.25) is 0 Å². The Bertz CT molecular complexity index is 437. The van der Waals surface area contributed by atoms with E-state index in [-0.39, 0.29) is 19.4 Å². The third-order valence-corrected chi connectivity index (χ3v) is 3.24. The zero-order chi connectivity index (χ0) is 11.8. The lowest BCUT2D eigenvalue weighted by Gasteiger charge is -2.47. The Morgan fingerprint density at radius 3 is 2.44 bits per heavy atom. The summed E-state index contributed by atoms with van der Waals surface area (Å²) in [6.07, 6.45) is 4.97. The van der Waals surface area contributed by atoms with Crippen LogP contribution in [-0.2, 0) is 5.41 Å². The third-order valence-electron chi connectivity index (χ3n) is 3.24. The molecule has 0 aromatic heterocycles. The van der Waals surface area contributed by atoms with Crippen molar-refractivity contribution < 1.29 is 8.78 Å². The van der Waals surface area contributed by atoms with Crippen LogP contribution < -0.4 is 5.73 Å². The summed E-state index contributed by atoms with van der Waals surface area (Å²) in [5.41, 5.74) is 6.46. The number of hydrogen-bond acceptors (Lipinski definition) is 1. The lowest BCUT2D eigenvalue weighted by Crippen LogP contribution is -2.54. The van der Waals surface area contributed by atoms with Gasteiger partial charge in [0.25, 0.3) is 0 Å². The van der Waals surface area contributed by atoms with Crippen LogP contribution in [-0.4, -0.2) is 12.5 Å². The van der Waals surface area contributed by atoms with Crippen LogP contribution in [0.4, 0.5) is 8.78 Å². The maximum Gasteiger partial charge on any atom is 0.250 e. The molecule has 1 aliphatic rings. The fourth-order valence-corrected chi connectivity index (χ4v) is 2.45. The van der Waals surface area contributed by atoms with Crippen molar-refractivity contribution in [3.63, 3.8) is 0 Å². The van der Waals surface area contributed by atoms with E-state index in [1.54, 1.807) is 18.2 Å². The molecule has 1 saturated carbocycles. The van der Waals surface area contributed by atoms with E-state index in [1.807, 2.05) is 6.07 Å². The molecule has 2 rings (SSSR count). The van der Waals surface area contributed by atoms with Crippen LogP contribution in [0.1, 0.15) is 24.0 Å². The highest BCUT2D eigenvalue weighted by molar-refractivity contribution is 5.46. The second kappa shape index (κ2) is 3.57. The summed E-state index contributed by atoms with van der Waals surface area (Å²) in [4.78, 5) is 0. The van der Waals surface area contributed by atoms with Crippen LogP contribution in [0.3, 0.4) is 0 Å². The number of nitrogens with two attached hydrogens (primary N) is 1. The fraction of sp³-hybridized carbons (Fsp3) is 0.385. The predicted molar refractivity (Wildman–Crippen MR) is 59.3 cm³/mol. The molecular weight excluding hydrogens is 208 g/mol. The average molecular weight is 221 g/mol. The smallest absolute Gasteiger partial charge is 0.250 e. The molecule has 0 aliphatic heterocycles. The van der Waals surface area contributed by atoms with Crippen LogP contribution in [0.15, 0.2) is 24.3 Å². The zero-order valence-corrected chi connectivity index (χ0v) is 8.84. The molecule has 1 fully saturated rings. The highest BCUT2D eigenvalue weighted by Gasteiger charge is 2.56. The van der Waals surface area contributed by atoms with E-state index in [2.05, 4.69) is 5.92 Å². The molecule has 2 N–H and O–H groups in total. The van der Waals surface area contributed by atoms with E-state index < -0.39 is 11.3 Å². The summed E-state index contributed by atoms with van der Waals surface area (Å²) in [5, 5.41) is 0. The molecule has 1 nitrogen and oxygen atoms in total. The second-order valence-electron chi connectivity index (χ2n) is 4.38. The molecule has 0 spiro atoms. The molecule has 0 bridgehead atoms. The summed E-state index contributed by atoms with van der Waals surface area (Å²) in [7, 11) is 0. The lowest BCUT2D eigenvalue weighted by molar-refractivity contribution is -0.123. The van der Waals surface area contributed by atoms with Gasteiger partial charge in [0, 0.05) is 30.4 Å². The molecule has 0 radical (unpaired) electrons. The van der Waals surface area contributed by atoms with Gasteiger partial charge < -0.3 is 5.73 Å². The van der Waals surface area contributed by atoms with Crippen molar-refractivity contribution in [1.82, 2.24) is 0 Å². The molecule has 1 aromatic carbocycles. The molecule has 3 heteroatoms. The summed E-state index contributed by atoms with van der Waals surface area (Å²) >= 11 is 0. The van der Waals surface area contributed by atoms with E-state index >= 15 is 0 Å². The minimum atomic E-state index is -2.60. The Morgan fingerprint density at radius 2 is 1.94 bits per heavy atom. The number of halogens is 2. The standard InChI is InChI=1S/C13H13F2N/c1-2-10-5-3-4-6-11(10)12(9-16)7-13(14,15)8-12/h1,3-6H,7-9,16H2. The Hall–Kier alpha value is -1.40. The fourth-order valence-electron chi connectivity index (χ4n) is 2.45. The Morgan fingerprint density at radius 1 is 1.31 bits per heavy atom. The Kier molecular flexibility index (Phi) is 2.47. The quantitative estimate of drug-likeness (QED) is 0.762. The van der Waals surface area contributed by atoms with Crippen molar-refractivity contribution >= 4 is 0 Å². The van der Waals surface area contributed by atoms with Gasteiger partial charge in [0.05, 0.1) is 0 Å². The number of alkyl halides is 2. The first-order valence-electron chi connectivity index (χ1n) is 5.17. The van der Waals surface area contributed by atoms with Crippen molar-refractivity contribution in [3.8, 4) is 12.3 Å². The van der Waals surface area contributed by atoms with Gasteiger partial charge in [-0.1, -0.05) is 24.1 Å². The molecule has 84 valence electrons. The first kappa shape index (κ1) is 11.1. The van der Waals surface area contributed by atoms with Crippen molar-refractivity contribution in [3.05, 3.63) is 35.4 Å². The van der Waals surface area contributed by atoms with Gasteiger partial charge in [-0.25, -0.2) is 8.78 Å². The SMILES string of the molecule is C#Cc1ccccc1C1(CN)CC(F)(F)C1. The highest BCUT2D eigenvalue weighted by Crippen LogP contribution is 2.53. The van der Waals surface area contributed by atoms with E-state index in [1.165, 1.54) is 0 Å². The Balaban J connectivity index is 2.40. The van der Waals surface area contributed by atoms with E-state index in [0.717, 1.165) is 5.56 Å². The number of benzene rings is 1. The third kappa shape index (κ3) is 1.60. The van der Waals surface area contributed by atoms with Gasteiger partial charge in [-0.3, -0.25) is 0 Å². The first-order chi connectivity index (χ1) is 7.53. The van der Waals surface area contributed by atoms with Crippen LogP contribution in [0.5, 0.6) is 0 Å². The van der Waals surface area contributed by atoms with Gasteiger partial charge in [-0.15, -0.1) is 6.42 Å². The van der Waals surface area contributed by atoms with Gasteiger partial charge in [0.15, 0.2) is 0 Å². The minimum absolute atomic E-state index is 0.199. The molecule has 0 atom stereocenters. The molecule has 0 saturated heterocycles. The minimum Gasteiger partial charge on any atom is -0.330 e. The van der Waals surface area contributed by atoms with Crippen molar-refractivity contribution in [1.29, 1.82) is 0 Å². The van der Waals surface area contributed by atoms with Crippen LogP contribution >= 0.6 is 0 Å². The van der Waals surface area contributed by atoms with E-state index in [4.69, 9.17) is 12.2 Å². The largest absolute Gasteiger partial charge is 0.330 e. The lowest BCUT2D eigenvalue weighted by atomic mass is 9.61. The maximum atomic E-state index is 13.0. The number of hydrogen-bond donors (Lipinski definition) is 1. The topological polar surface area (TPSA) is 26.0 Å². The van der Waals surface area contributed by atoms with Crippen LogP contribution in [0, 0.1) is 12.3 Å². The van der Waals surface area contributed by atoms with Crippen molar-refractivity contribution in [2.24, 2.45) is 5.73 Å². The number of terminal acetylenes is 1. The van der Waals surface area contributed by atoms with E-state index in [9.17, 15) is 8.78 Å². The molecule has 1 aliphatic carbocycles. The summed E-state index contributed by atoms with van der Waals surface area (Å²) in [6.45, 7) is 0.210. The Labute approximate surface area is 93.7 Å². The van der Waals surface area contributed by atoms with Gasteiger partial charge in [0.1, 0.15) is 0 Å². The molecule has 1 aromatic rings. The van der Waals surface area contributed by atoms with Crippen molar-refractivity contribution in [2.45, 2.75) is 24.2 Å². The molecule has 0 heterocycles. The van der Waals surface area contributed by atoms with E-state index in [0.29, 0.717) is 5.56 Å². The van der Waals surface area contributed by atoms with Crippen molar-refractivity contribution in [2.75, 3.05) is 6.54 Å². The zero-order valence-electron chi connectivity index (χ0n) is 8.84. The summed E-state index contributed by atoms with van der Waals surface area (Å²) in [5.74, 6) is -0.0655. The molecular formula is C13H13F2N. The monoisotopic (exact) mass is 221 g/mol. The first-order valence-corrected chi connectivity index (χ1v) is 5.17. The van der Waals surface area contributed by atoms with Gasteiger partial charge in [-0.05, 0) is 11.6 Å². The molecule has 16 heavy (non-hydrogen) atoms. The number of rotatable bonds is 2. The van der Waals surface area contributed by atoms with Gasteiger partial charge in [-0.2, -0.15) is 0 Å². The van der Waals surface area contributed by atoms with Gasteiger partial charge >= 0.3 is 0 Å². The average Bonchev–Trinajstić information content (AvgIpc) is 2.25. The normalized spacial score (nSPS) is 20.9. The summed E-state index contributed by atoms with van der Waals surface area (Å²) in [6, 6.07) is 7.18. The predicted octanol–water partition coefficient (Wildman–Crippen LogP) is 2.29.